The van der Waals surface area contributed by atoms with E-state index in [1.54, 1.807) is 36.1 Å². The molecule has 0 radical (unpaired) electrons. The van der Waals surface area contributed by atoms with Gasteiger partial charge in [0.25, 0.3) is 11.8 Å². The van der Waals surface area contributed by atoms with Crippen molar-refractivity contribution in [3.8, 4) is 6.07 Å². The number of halogens is 3. The maximum Gasteiger partial charge on any atom is 0.409 e. The first-order chi connectivity index (χ1) is 22.0. The van der Waals surface area contributed by atoms with Crippen molar-refractivity contribution in [1.29, 1.82) is 5.26 Å². The van der Waals surface area contributed by atoms with E-state index in [0.717, 1.165) is 30.9 Å². The van der Waals surface area contributed by atoms with Gasteiger partial charge in [-0.05, 0) is 56.6 Å². The van der Waals surface area contributed by atoms with Crippen molar-refractivity contribution in [3.63, 3.8) is 0 Å². The highest BCUT2D eigenvalue weighted by molar-refractivity contribution is 6.03. The zero-order valence-corrected chi connectivity index (χ0v) is 26.4. The van der Waals surface area contributed by atoms with Gasteiger partial charge in [0, 0.05) is 65.0 Å². The third-order valence-electron chi connectivity index (χ3n) is 8.24. The number of hydrogen-bond donors (Lipinski definition) is 3. The van der Waals surface area contributed by atoms with E-state index in [-0.39, 0.29) is 44.2 Å². The topological polar surface area (TPSA) is 139 Å². The van der Waals surface area contributed by atoms with Crippen molar-refractivity contribution in [3.05, 3.63) is 53.2 Å². The summed E-state index contributed by atoms with van der Waals surface area (Å²) in [4.78, 5) is 46.8. The number of hydrogen-bond acceptors (Lipinski definition) is 8. The summed E-state index contributed by atoms with van der Waals surface area (Å²) in [5.41, 5.74) is 3.65. The Morgan fingerprint density at radius 1 is 1.11 bits per heavy atom. The van der Waals surface area contributed by atoms with Gasteiger partial charge < -0.3 is 30.0 Å². The van der Waals surface area contributed by atoms with E-state index in [4.69, 9.17) is 5.26 Å². The summed E-state index contributed by atoms with van der Waals surface area (Å²) in [6, 6.07) is 4.59. The van der Waals surface area contributed by atoms with Crippen LogP contribution in [-0.2, 0) is 11.8 Å². The Hall–Kier alpha value is -4.42. The third kappa shape index (κ3) is 7.51. The Labute approximate surface area is 269 Å². The molecule has 0 bridgehead atoms. The molecule has 1 aromatic heterocycles. The van der Waals surface area contributed by atoms with Crippen molar-refractivity contribution in [2.75, 3.05) is 51.1 Å². The quantitative estimate of drug-likeness (QED) is 0.406. The van der Waals surface area contributed by atoms with Crippen LogP contribution in [0.4, 0.5) is 18.9 Å². The number of nitriles is 1. The highest BCUT2D eigenvalue weighted by atomic mass is 19.4. The Morgan fingerprint density at radius 2 is 1.76 bits per heavy atom. The zero-order valence-electron chi connectivity index (χ0n) is 26.4. The van der Waals surface area contributed by atoms with Crippen LogP contribution in [0.25, 0.3) is 5.57 Å². The zero-order chi connectivity index (χ0) is 33.6. The van der Waals surface area contributed by atoms with Crippen LogP contribution in [0.3, 0.4) is 0 Å². The second-order valence-electron chi connectivity index (χ2n) is 11.1. The molecule has 3 aliphatic rings. The predicted molar refractivity (Wildman–Crippen MR) is 169 cm³/mol. The van der Waals surface area contributed by atoms with Gasteiger partial charge in [-0.3, -0.25) is 14.4 Å². The van der Waals surface area contributed by atoms with Crippen molar-refractivity contribution >= 4 is 29.0 Å². The molecule has 12 nitrogen and oxygen atoms in total. The second-order valence-corrected chi connectivity index (χ2v) is 11.1. The lowest BCUT2D eigenvalue weighted by Crippen LogP contribution is -2.52. The fraction of sp³-hybridized carbons (Fsp3) is 0.516. The molecule has 252 valence electrons. The number of piperazine rings is 1. The van der Waals surface area contributed by atoms with E-state index < -0.39 is 18.1 Å². The summed E-state index contributed by atoms with van der Waals surface area (Å²) in [5, 5.41) is 15.9. The second kappa shape index (κ2) is 14.8. The molecule has 1 atom stereocenters. The lowest BCUT2D eigenvalue weighted by molar-refractivity contribution is -0.147. The van der Waals surface area contributed by atoms with Crippen LogP contribution in [0.5, 0.6) is 0 Å². The van der Waals surface area contributed by atoms with E-state index in [2.05, 4.69) is 21.0 Å². The van der Waals surface area contributed by atoms with Crippen LogP contribution in [0.2, 0.25) is 0 Å². The van der Waals surface area contributed by atoms with Gasteiger partial charge in [0.2, 0.25) is 5.91 Å². The number of rotatable bonds is 6. The molecule has 2 saturated heterocycles. The van der Waals surface area contributed by atoms with Crippen LogP contribution < -0.4 is 16.1 Å². The summed E-state index contributed by atoms with van der Waals surface area (Å²) in [5.74, 6) is -0.723. The number of alkyl halides is 3. The predicted octanol–water partition coefficient (Wildman–Crippen LogP) is 3.40. The smallest absolute Gasteiger partial charge is 0.339 e. The number of benzene rings is 1. The molecule has 2 aromatic rings. The molecule has 0 spiro atoms. The lowest BCUT2D eigenvalue weighted by atomic mass is 9.96. The first-order valence-corrected chi connectivity index (χ1v) is 15.4. The number of aryl methyl sites for hydroxylation is 1. The van der Waals surface area contributed by atoms with Gasteiger partial charge in [-0.2, -0.15) is 18.4 Å². The SMILES string of the molecule is CC.Cc1cc(NC(=O)c2ncc(C3=CN(CC#N)NC3C(F)(F)F)n2C)ccc1C(=O)N1CCN(C(=O)C2CCNCC2)CC1.[HH].[HH]. The van der Waals surface area contributed by atoms with Crippen LogP contribution in [-0.4, -0.2) is 100 Å². The molecule has 15 heteroatoms. The number of imidazole rings is 1. The van der Waals surface area contributed by atoms with Gasteiger partial charge >= 0.3 is 6.18 Å². The Bertz CT molecular complexity index is 1510. The first kappa shape index (κ1) is 34.5. The Kier molecular flexibility index (Phi) is 11.1. The number of carbonyl (C=O) groups excluding carboxylic acids is 3. The molecule has 2 fully saturated rings. The number of aromatic nitrogens is 2. The van der Waals surface area contributed by atoms with Crippen LogP contribution in [0.1, 0.15) is 61.8 Å². The van der Waals surface area contributed by atoms with Gasteiger partial charge in [0.05, 0.1) is 18.0 Å². The summed E-state index contributed by atoms with van der Waals surface area (Å²) < 4.78 is 42.3. The number of piperidine rings is 1. The van der Waals surface area contributed by atoms with Crippen molar-refractivity contribution in [2.45, 2.75) is 45.8 Å². The van der Waals surface area contributed by atoms with Crippen molar-refractivity contribution < 1.29 is 30.4 Å². The normalized spacial score (nSPS) is 18.8. The molecular formula is C31H44F3N9O3. The highest BCUT2D eigenvalue weighted by Crippen LogP contribution is 2.35. The van der Waals surface area contributed by atoms with Gasteiger partial charge in [0.15, 0.2) is 11.9 Å². The van der Waals surface area contributed by atoms with Gasteiger partial charge in [-0.25, -0.2) is 10.4 Å². The minimum absolute atomic E-state index is 0. The fourth-order valence-corrected chi connectivity index (χ4v) is 5.83. The van der Waals surface area contributed by atoms with E-state index >= 15 is 0 Å². The summed E-state index contributed by atoms with van der Waals surface area (Å²) in [6.45, 7) is 8.98. The molecule has 4 heterocycles. The van der Waals surface area contributed by atoms with Gasteiger partial charge in [-0.1, -0.05) is 13.8 Å². The van der Waals surface area contributed by atoms with E-state index in [0.29, 0.717) is 43.0 Å². The maximum absolute atomic E-state index is 13.7. The number of nitrogens with zero attached hydrogens (tertiary/aromatic N) is 6. The molecule has 3 N–H and O–H groups in total. The third-order valence-corrected chi connectivity index (χ3v) is 8.24. The average molecular weight is 648 g/mol. The summed E-state index contributed by atoms with van der Waals surface area (Å²) >= 11 is 0. The molecule has 3 amide bonds. The van der Waals surface area contributed by atoms with Gasteiger partial charge in [0.1, 0.15) is 6.54 Å². The van der Waals surface area contributed by atoms with Crippen LogP contribution in [0.15, 0.2) is 30.6 Å². The highest BCUT2D eigenvalue weighted by Gasteiger charge is 2.47. The lowest BCUT2D eigenvalue weighted by Gasteiger charge is -2.37. The van der Waals surface area contributed by atoms with E-state index in [9.17, 15) is 27.6 Å². The molecule has 1 unspecified atom stereocenters. The van der Waals surface area contributed by atoms with E-state index in [1.165, 1.54) is 24.0 Å². The summed E-state index contributed by atoms with van der Waals surface area (Å²) in [6.07, 6.45) is -0.610. The number of amides is 3. The molecule has 1 aromatic carbocycles. The largest absolute Gasteiger partial charge is 0.409 e. The van der Waals surface area contributed by atoms with Crippen LogP contribution in [0, 0.1) is 24.2 Å². The number of hydrazine groups is 1. The van der Waals surface area contributed by atoms with Crippen LogP contribution >= 0.6 is 0 Å². The standard InChI is InChI=1S/C29H34F3N9O3.C2H6.2H2/c1-18-15-20(3-4-21(18)28(44)40-13-11-39(12-14-40)27(43)19-5-8-34-9-6-19)36-26(42)25-35-16-23(38(25)2)22-17-41(10-7-33)37-24(22)29(30,31)32;1-2;;/h3-4,15-17,19,24,34,37H,5-6,8-14H2,1-2H3,(H,36,42);1-2H3;2*1H. The Morgan fingerprint density at radius 3 is 2.37 bits per heavy atom. The molecule has 0 saturated carbocycles. The van der Waals surface area contributed by atoms with Crippen molar-refractivity contribution in [1.82, 2.24) is 35.1 Å². The first-order valence-electron chi connectivity index (χ1n) is 15.4. The minimum atomic E-state index is -4.64. The minimum Gasteiger partial charge on any atom is -0.339 e. The molecular weight excluding hydrogens is 603 g/mol. The van der Waals surface area contributed by atoms with Gasteiger partial charge in [-0.15, -0.1) is 0 Å². The van der Waals surface area contributed by atoms with Crippen molar-refractivity contribution in [2.24, 2.45) is 13.0 Å². The monoisotopic (exact) mass is 647 g/mol. The molecule has 3 aliphatic heterocycles. The summed E-state index contributed by atoms with van der Waals surface area (Å²) in [7, 11) is 1.44. The Balaban J connectivity index is 0.00000196. The number of carbonyl (C=O) groups is 3. The average Bonchev–Trinajstić information content (AvgIpc) is 3.65. The molecule has 5 rings (SSSR count). The number of anilines is 1. The molecule has 46 heavy (non-hydrogen) atoms. The maximum atomic E-state index is 13.7. The van der Waals surface area contributed by atoms with E-state index in [1.807, 2.05) is 18.7 Å². The number of nitrogens with one attached hydrogen (secondary N) is 3. The fourth-order valence-electron chi connectivity index (χ4n) is 5.83. The molecule has 0 aliphatic carbocycles.